The summed E-state index contributed by atoms with van der Waals surface area (Å²) in [6.07, 6.45) is 0.926. The summed E-state index contributed by atoms with van der Waals surface area (Å²) in [5, 5.41) is 6.00. The largest absolute Gasteiger partial charge is 0.359 e. The molecule has 0 aliphatic carbocycles. The normalized spacial score (nSPS) is 12.4. The minimum atomic E-state index is 0.00834. The quantitative estimate of drug-likeness (QED) is 0.864. The number of hydrogen-bond donors (Lipinski definition) is 2. The molecular weight excluding hydrogens is 240 g/mol. The van der Waals surface area contributed by atoms with Gasteiger partial charge in [0.2, 0.25) is 11.9 Å². The van der Waals surface area contributed by atoms with Crippen LogP contribution in [0.4, 0.5) is 5.95 Å². The molecule has 1 aromatic heterocycles. The van der Waals surface area contributed by atoms with Crippen LogP contribution in [0, 0.1) is 0 Å². The van der Waals surface area contributed by atoms with Gasteiger partial charge >= 0.3 is 0 Å². The van der Waals surface area contributed by atoms with Gasteiger partial charge < -0.3 is 15.2 Å². The minimum absolute atomic E-state index is 0.00834. The summed E-state index contributed by atoms with van der Waals surface area (Å²) in [5.41, 5.74) is 1.86. The molecule has 0 radical (unpaired) electrons. The number of nitrogens with zero attached hydrogens (tertiary/aromatic N) is 2. The second kappa shape index (κ2) is 5.73. The zero-order valence-corrected chi connectivity index (χ0v) is 11.6. The van der Waals surface area contributed by atoms with Gasteiger partial charge in [-0.05, 0) is 25.5 Å². The Bertz CT molecular complexity index is 576. The third-order valence-corrected chi connectivity index (χ3v) is 3.20. The molecular formula is C14H20N4O. The van der Waals surface area contributed by atoms with Crippen LogP contribution in [0.5, 0.6) is 0 Å². The highest BCUT2D eigenvalue weighted by Crippen LogP contribution is 2.18. The average Bonchev–Trinajstić information content (AvgIpc) is 2.76. The van der Waals surface area contributed by atoms with Crippen LogP contribution in [0.15, 0.2) is 24.3 Å². The number of carbonyl (C=O) groups excluding carboxylic acids is 1. The van der Waals surface area contributed by atoms with E-state index in [2.05, 4.69) is 22.5 Å². The second-order valence-corrected chi connectivity index (χ2v) is 4.64. The Kier molecular flexibility index (Phi) is 4.04. The van der Waals surface area contributed by atoms with E-state index in [0.29, 0.717) is 5.95 Å². The maximum absolute atomic E-state index is 12.0. The van der Waals surface area contributed by atoms with Crippen molar-refractivity contribution in [2.24, 2.45) is 0 Å². The molecule has 2 aromatic rings. The van der Waals surface area contributed by atoms with E-state index in [1.54, 1.807) is 0 Å². The molecule has 0 saturated carbocycles. The molecule has 102 valence electrons. The van der Waals surface area contributed by atoms with Crippen LogP contribution in [0.3, 0.4) is 0 Å². The molecule has 0 saturated heterocycles. The minimum Gasteiger partial charge on any atom is -0.359 e. The molecule has 0 aliphatic heterocycles. The van der Waals surface area contributed by atoms with Gasteiger partial charge in [0.1, 0.15) is 6.54 Å². The number of hydrogen-bond acceptors (Lipinski definition) is 3. The fourth-order valence-electron chi connectivity index (χ4n) is 1.99. The molecule has 1 heterocycles. The van der Waals surface area contributed by atoms with Crippen molar-refractivity contribution >= 4 is 22.9 Å². The summed E-state index contributed by atoms with van der Waals surface area (Å²) in [6, 6.07) is 8.00. The van der Waals surface area contributed by atoms with Crippen molar-refractivity contribution in [2.45, 2.75) is 32.9 Å². The van der Waals surface area contributed by atoms with Crippen LogP contribution < -0.4 is 10.6 Å². The highest BCUT2D eigenvalue weighted by molar-refractivity contribution is 5.83. The molecule has 0 fully saturated rings. The molecule has 5 heteroatoms. The van der Waals surface area contributed by atoms with Gasteiger partial charge in [-0.3, -0.25) is 4.79 Å². The number of fused-ring (bicyclic) bond motifs is 1. The highest BCUT2D eigenvalue weighted by atomic mass is 16.2. The summed E-state index contributed by atoms with van der Waals surface area (Å²) >= 11 is 0. The van der Waals surface area contributed by atoms with E-state index < -0.39 is 0 Å². The number of para-hydroxylation sites is 2. The molecule has 1 amide bonds. The van der Waals surface area contributed by atoms with Crippen LogP contribution in [0.2, 0.25) is 0 Å². The van der Waals surface area contributed by atoms with E-state index in [1.165, 1.54) is 0 Å². The molecule has 0 spiro atoms. The Morgan fingerprint density at radius 1 is 1.42 bits per heavy atom. The van der Waals surface area contributed by atoms with Gasteiger partial charge in [-0.2, -0.15) is 0 Å². The first-order valence-electron chi connectivity index (χ1n) is 6.58. The lowest BCUT2D eigenvalue weighted by molar-refractivity contribution is -0.122. The number of benzene rings is 1. The standard InChI is InChI=1S/C14H20N4O/c1-4-10(2)16-13(19)9-18-12-8-6-5-7-11(12)17-14(18)15-3/h5-8,10H,4,9H2,1-3H3,(H,15,17)(H,16,19). The Hall–Kier alpha value is -2.04. The Labute approximate surface area is 113 Å². The molecule has 2 rings (SSSR count). The van der Waals surface area contributed by atoms with E-state index in [0.717, 1.165) is 17.5 Å². The van der Waals surface area contributed by atoms with Crippen LogP contribution in [-0.4, -0.2) is 28.5 Å². The first-order valence-corrected chi connectivity index (χ1v) is 6.58. The third-order valence-electron chi connectivity index (χ3n) is 3.20. The van der Waals surface area contributed by atoms with Gasteiger partial charge in [0.05, 0.1) is 11.0 Å². The first-order chi connectivity index (χ1) is 9.15. The molecule has 0 bridgehead atoms. The van der Waals surface area contributed by atoms with E-state index >= 15 is 0 Å². The maximum Gasteiger partial charge on any atom is 0.240 e. The molecule has 0 aliphatic rings. The highest BCUT2D eigenvalue weighted by Gasteiger charge is 2.13. The summed E-state index contributed by atoms with van der Waals surface area (Å²) in [6.45, 7) is 4.33. The lowest BCUT2D eigenvalue weighted by atomic mass is 10.2. The van der Waals surface area contributed by atoms with E-state index in [9.17, 15) is 4.79 Å². The molecule has 1 aromatic carbocycles. The SMILES string of the molecule is CCC(C)NC(=O)Cn1c(NC)nc2ccccc21. The van der Waals surface area contributed by atoms with Gasteiger partial charge in [-0.15, -0.1) is 0 Å². The van der Waals surface area contributed by atoms with Gasteiger partial charge in [-0.1, -0.05) is 19.1 Å². The Balaban J connectivity index is 2.26. The van der Waals surface area contributed by atoms with Crippen molar-refractivity contribution in [1.29, 1.82) is 0 Å². The van der Waals surface area contributed by atoms with E-state index in [-0.39, 0.29) is 18.5 Å². The average molecular weight is 260 g/mol. The van der Waals surface area contributed by atoms with Crippen LogP contribution in [0.1, 0.15) is 20.3 Å². The fraction of sp³-hybridized carbons (Fsp3) is 0.429. The van der Waals surface area contributed by atoms with Crippen molar-refractivity contribution < 1.29 is 4.79 Å². The van der Waals surface area contributed by atoms with Crippen molar-refractivity contribution in [3.8, 4) is 0 Å². The van der Waals surface area contributed by atoms with Gasteiger partial charge in [0.25, 0.3) is 0 Å². The molecule has 1 atom stereocenters. The van der Waals surface area contributed by atoms with Gasteiger partial charge in [0.15, 0.2) is 0 Å². The number of rotatable bonds is 5. The smallest absolute Gasteiger partial charge is 0.240 e. The number of carbonyl (C=O) groups is 1. The van der Waals surface area contributed by atoms with Crippen molar-refractivity contribution in [3.05, 3.63) is 24.3 Å². The van der Waals surface area contributed by atoms with Crippen LogP contribution in [0.25, 0.3) is 11.0 Å². The lowest BCUT2D eigenvalue weighted by Gasteiger charge is -2.13. The fourth-order valence-corrected chi connectivity index (χ4v) is 1.99. The second-order valence-electron chi connectivity index (χ2n) is 4.64. The zero-order chi connectivity index (χ0) is 13.8. The number of aromatic nitrogens is 2. The summed E-state index contributed by atoms with van der Waals surface area (Å²) in [4.78, 5) is 16.5. The van der Waals surface area contributed by atoms with E-state index in [1.807, 2.05) is 42.8 Å². The first kappa shape index (κ1) is 13.4. The van der Waals surface area contributed by atoms with Gasteiger partial charge in [-0.25, -0.2) is 4.98 Å². The zero-order valence-electron chi connectivity index (χ0n) is 11.6. The molecule has 19 heavy (non-hydrogen) atoms. The summed E-state index contributed by atoms with van der Waals surface area (Å²) in [7, 11) is 1.81. The summed E-state index contributed by atoms with van der Waals surface area (Å²) in [5.74, 6) is 0.717. The van der Waals surface area contributed by atoms with Gasteiger partial charge in [0, 0.05) is 13.1 Å². The topological polar surface area (TPSA) is 59.0 Å². The Morgan fingerprint density at radius 2 is 2.16 bits per heavy atom. The van der Waals surface area contributed by atoms with Crippen LogP contribution in [-0.2, 0) is 11.3 Å². The van der Waals surface area contributed by atoms with Crippen molar-refractivity contribution in [1.82, 2.24) is 14.9 Å². The number of amides is 1. The third kappa shape index (κ3) is 2.86. The van der Waals surface area contributed by atoms with Crippen molar-refractivity contribution in [3.63, 3.8) is 0 Å². The maximum atomic E-state index is 12.0. The number of nitrogens with one attached hydrogen (secondary N) is 2. The number of imidazole rings is 1. The predicted molar refractivity (Wildman–Crippen MR) is 77.2 cm³/mol. The monoisotopic (exact) mass is 260 g/mol. The summed E-state index contributed by atoms with van der Waals surface area (Å²) < 4.78 is 1.90. The van der Waals surface area contributed by atoms with Crippen molar-refractivity contribution in [2.75, 3.05) is 12.4 Å². The predicted octanol–water partition coefficient (Wildman–Crippen LogP) is 1.99. The molecule has 1 unspecified atom stereocenters. The van der Waals surface area contributed by atoms with E-state index in [4.69, 9.17) is 0 Å². The molecule has 5 nitrogen and oxygen atoms in total. The van der Waals surface area contributed by atoms with Crippen LogP contribution >= 0.6 is 0 Å². The molecule has 2 N–H and O–H groups in total. The lowest BCUT2D eigenvalue weighted by Crippen LogP contribution is -2.34. The Morgan fingerprint density at radius 3 is 2.84 bits per heavy atom. The number of anilines is 1.